The number of benzene rings is 1. The number of rotatable bonds is 5. The highest BCUT2D eigenvalue weighted by Crippen LogP contribution is 2.20. The normalized spacial score (nSPS) is 10.3. The fourth-order valence-corrected chi connectivity index (χ4v) is 2.10. The van der Waals surface area contributed by atoms with Gasteiger partial charge in [-0.05, 0) is 12.1 Å². The lowest BCUT2D eigenvalue weighted by Gasteiger charge is -2.04. The lowest BCUT2D eigenvalue weighted by molar-refractivity contribution is -0.118. The van der Waals surface area contributed by atoms with Gasteiger partial charge in [-0.2, -0.15) is 5.10 Å². The fourth-order valence-electron chi connectivity index (χ4n) is 1.33. The summed E-state index contributed by atoms with van der Waals surface area (Å²) < 4.78 is 13.3. The minimum atomic E-state index is -0.301. The minimum Gasteiger partial charge on any atom is -0.351 e. The number of carbonyl (C=O) groups is 1. The van der Waals surface area contributed by atoms with Crippen molar-refractivity contribution in [2.75, 3.05) is 5.75 Å². The van der Waals surface area contributed by atoms with Crippen molar-refractivity contribution < 1.29 is 9.18 Å². The van der Waals surface area contributed by atoms with E-state index in [0.29, 0.717) is 11.4 Å². The van der Waals surface area contributed by atoms with Crippen LogP contribution < -0.4 is 5.32 Å². The van der Waals surface area contributed by atoms with Crippen molar-refractivity contribution in [2.45, 2.75) is 11.4 Å². The number of amides is 1. The summed E-state index contributed by atoms with van der Waals surface area (Å²) in [5, 5.41) is 9.17. The largest absolute Gasteiger partial charge is 0.351 e. The summed E-state index contributed by atoms with van der Waals surface area (Å²) in [5.74, 6) is -0.242. The topological polar surface area (TPSA) is 57.8 Å². The van der Waals surface area contributed by atoms with Gasteiger partial charge < -0.3 is 5.32 Å². The van der Waals surface area contributed by atoms with Crippen LogP contribution in [-0.4, -0.2) is 21.9 Å². The Morgan fingerprint density at radius 1 is 1.44 bits per heavy atom. The van der Waals surface area contributed by atoms with Gasteiger partial charge in [0.2, 0.25) is 5.91 Å². The predicted molar refractivity (Wildman–Crippen MR) is 67.6 cm³/mol. The van der Waals surface area contributed by atoms with E-state index in [9.17, 15) is 9.18 Å². The van der Waals surface area contributed by atoms with Crippen LogP contribution in [0.1, 0.15) is 5.56 Å². The van der Waals surface area contributed by atoms with Gasteiger partial charge in [0.05, 0.1) is 11.9 Å². The van der Waals surface area contributed by atoms with E-state index < -0.39 is 0 Å². The first-order valence-corrected chi connectivity index (χ1v) is 6.36. The summed E-state index contributed by atoms with van der Waals surface area (Å²) in [6.45, 7) is 0.424. The molecule has 0 unspecified atom stereocenters. The van der Waals surface area contributed by atoms with E-state index in [1.54, 1.807) is 30.6 Å². The number of aromatic nitrogens is 2. The Morgan fingerprint density at radius 3 is 3.00 bits per heavy atom. The van der Waals surface area contributed by atoms with Gasteiger partial charge in [0.25, 0.3) is 0 Å². The van der Waals surface area contributed by atoms with E-state index in [0.717, 1.165) is 5.56 Å². The molecule has 2 rings (SSSR count). The van der Waals surface area contributed by atoms with Crippen LogP contribution in [0.25, 0.3) is 0 Å². The molecule has 0 fully saturated rings. The maximum atomic E-state index is 13.3. The summed E-state index contributed by atoms with van der Waals surface area (Å²) in [4.78, 5) is 12.0. The number of nitrogens with zero attached hydrogens (tertiary/aromatic N) is 1. The van der Waals surface area contributed by atoms with Crippen molar-refractivity contribution >= 4 is 17.7 Å². The molecule has 0 aliphatic carbocycles. The molecular weight excluding hydrogens is 253 g/mol. The maximum absolute atomic E-state index is 13.3. The molecule has 4 nitrogen and oxygen atoms in total. The number of hydrogen-bond acceptors (Lipinski definition) is 3. The molecule has 1 heterocycles. The third-order valence-corrected chi connectivity index (χ3v) is 3.29. The van der Waals surface area contributed by atoms with Gasteiger partial charge in [0, 0.05) is 23.2 Å². The van der Waals surface area contributed by atoms with Gasteiger partial charge in [-0.3, -0.25) is 9.89 Å². The Bertz CT molecular complexity index is 516. The zero-order valence-electron chi connectivity index (χ0n) is 9.52. The van der Waals surface area contributed by atoms with Gasteiger partial charge in [0.1, 0.15) is 5.82 Å². The van der Waals surface area contributed by atoms with Crippen molar-refractivity contribution in [3.8, 4) is 0 Å². The van der Waals surface area contributed by atoms with Crippen LogP contribution in [0.5, 0.6) is 0 Å². The number of aromatic amines is 1. The molecule has 0 bridgehead atoms. The van der Waals surface area contributed by atoms with Crippen molar-refractivity contribution in [2.24, 2.45) is 0 Å². The number of H-pyrrole nitrogens is 1. The minimum absolute atomic E-state index is 0.135. The molecule has 18 heavy (non-hydrogen) atoms. The fraction of sp³-hybridized carbons (Fsp3) is 0.167. The zero-order valence-corrected chi connectivity index (χ0v) is 10.3. The van der Waals surface area contributed by atoms with Crippen LogP contribution in [-0.2, 0) is 11.3 Å². The molecule has 1 amide bonds. The first-order chi connectivity index (χ1) is 8.75. The Balaban J connectivity index is 1.77. The lowest BCUT2D eigenvalue weighted by Crippen LogP contribution is -2.24. The smallest absolute Gasteiger partial charge is 0.230 e. The van der Waals surface area contributed by atoms with Gasteiger partial charge in [-0.1, -0.05) is 12.1 Å². The second kappa shape index (κ2) is 6.20. The molecule has 6 heteroatoms. The first-order valence-electron chi connectivity index (χ1n) is 5.37. The van der Waals surface area contributed by atoms with Crippen molar-refractivity contribution in [3.05, 3.63) is 48.0 Å². The van der Waals surface area contributed by atoms with Crippen LogP contribution in [0.2, 0.25) is 0 Å². The summed E-state index contributed by atoms with van der Waals surface area (Å²) in [6.07, 6.45) is 3.36. The first kappa shape index (κ1) is 12.6. The number of thioether (sulfide) groups is 1. The molecule has 2 aromatic rings. The molecule has 2 N–H and O–H groups in total. The Hall–Kier alpha value is -1.82. The number of halogens is 1. The molecule has 1 aromatic carbocycles. The Morgan fingerprint density at radius 2 is 2.28 bits per heavy atom. The second-order valence-corrected chi connectivity index (χ2v) is 4.62. The van der Waals surface area contributed by atoms with Crippen LogP contribution in [0.3, 0.4) is 0 Å². The highest BCUT2D eigenvalue weighted by molar-refractivity contribution is 8.00. The summed E-state index contributed by atoms with van der Waals surface area (Å²) in [5.41, 5.74) is 0.902. The van der Waals surface area contributed by atoms with Crippen LogP contribution in [0.4, 0.5) is 4.39 Å². The molecule has 1 aromatic heterocycles. The average Bonchev–Trinajstić information content (AvgIpc) is 2.88. The quantitative estimate of drug-likeness (QED) is 0.812. The highest BCUT2D eigenvalue weighted by atomic mass is 32.2. The standard InChI is InChI=1S/C12H12FN3OS/c13-10-3-1-2-4-11(10)18-8-12(17)14-5-9-6-15-16-7-9/h1-4,6-7H,5,8H2,(H,14,17)(H,15,16). The molecule has 0 saturated carbocycles. The third kappa shape index (κ3) is 3.59. The number of nitrogens with one attached hydrogen (secondary N) is 2. The van der Waals surface area contributed by atoms with Crippen molar-refractivity contribution in [1.82, 2.24) is 15.5 Å². The van der Waals surface area contributed by atoms with Crippen LogP contribution in [0.15, 0.2) is 41.6 Å². The van der Waals surface area contributed by atoms with Crippen molar-refractivity contribution in [1.29, 1.82) is 0 Å². The van der Waals surface area contributed by atoms with Gasteiger partial charge in [-0.25, -0.2) is 4.39 Å². The van der Waals surface area contributed by atoms with Crippen LogP contribution >= 0.6 is 11.8 Å². The van der Waals surface area contributed by atoms with Crippen LogP contribution in [0, 0.1) is 5.82 Å². The third-order valence-electron chi connectivity index (χ3n) is 2.24. The maximum Gasteiger partial charge on any atom is 0.230 e. The molecular formula is C12H12FN3OS. The lowest BCUT2D eigenvalue weighted by atomic mass is 10.3. The molecule has 94 valence electrons. The summed E-state index contributed by atoms with van der Waals surface area (Å²) in [6, 6.07) is 6.40. The molecule has 0 spiro atoms. The van der Waals surface area contributed by atoms with E-state index in [1.165, 1.54) is 17.8 Å². The predicted octanol–water partition coefficient (Wildman–Crippen LogP) is 1.96. The average molecular weight is 265 g/mol. The number of carbonyl (C=O) groups excluding carboxylic acids is 1. The second-order valence-electron chi connectivity index (χ2n) is 3.60. The Labute approximate surface area is 108 Å². The van der Waals surface area contributed by atoms with E-state index >= 15 is 0 Å². The number of hydrogen-bond donors (Lipinski definition) is 2. The van der Waals surface area contributed by atoms with Crippen molar-refractivity contribution in [3.63, 3.8) is 0 Å². The van der Waals surface area contributed by atoms with E-state index in [-0.39, 0.29) is 17.5 Å². The van der Waals surface area contributed by atoms with E-state index in [2.05, 4.69) is 15.5 Å². The van der Waals surface area contributed by atoms with E-state index in [4.69, 9.17) is 0 Å². The SMILES string of the molecule is O=C(CSc1ccccc1F)NCc1cn[nH]c1. The Kier molecular flexibility index (Phi) is 4.35. The summed E-state index contributed by atoms with van der Waals surface area (Å²) in [7, 11) is 0. The van der Waals surface area contributed by atoms with E-state index in [1.807, 2.05) is 0 Å². The monoisotopic (exact) mass is 265 g/mol. The molecule has 0 atom stereocenters. The van der Waals surface area contributed by atoms with Gasteiger partial charge >= 0.3 is 0 Å². The van der Waals surface area contributed by atoms with Gasteiger partial charge in [-0.15, -0.1) is 11.8 Å². The molecule has 0 aliphatic heterocycles. The van der Waals surface area contributed by atoms with Gasteiger partial charge in [0.15, 0.2) is 0 Å². The zero-order chi connectivity index (χ0) is 12.8. The molecule has 0 saturated heterocycles. The molecule has 0 aliphatic rings. The highest BCUT2D eigenvalue weighted by Gasteiger charge is 2.06. The summed E-state index contributed by atoms with van der Waals surface area (Å²) >= 11 is 1.18. The molecule has 0 radical (unpaired) electrons.